The maximum Gasteiger partial charge on any atom is 0.337 e. The lowest BCUT2D eigenvalue weighted by molar-refractivity contribution is -0.164. The van der Waals surface area contributed by atoms with E-state index >= 15 is 0 Å². The molecule has 1 heterocycles. The number of nitrogens with one attached hydrogen (secondary N) is 1. The van der Waals surface area contributed by atoms with Gasteiger partial charge < -0.3 is 30.5 Å². The number of aromatic carboxylic acids is 1. The van der Waals surface area contributed by atoms with Crippen LogP contribution in [0, 0.1) is 5.92 Å². The van der Waals surface area contributed by atoms with Crippen LogP contribution < -0.4 is 11.1 Å². The highest BCUT2D eigenvalue weighted by molar-refractivity contribution is 6.01. The molecule has 0 aliphatic carbocycles. The summed E-state index contributed by atoms with van der Waals surface area (Å²) in [5.41, 5.74) is 4.79. The average molecular weight is 526 g/mol. The van der Waals surface area contributed by atoms with Gasteiger partial charge in [0.15, 0.2) is 0 Å². The van der Waals surface area contributed by atoms with Crippen molar-refractivity contribution in [3.05, 3.63) is 65.2 Å². The summed E-state index contributed by atoms with van der Waals surface area (Å²) in [6.45, 7) is 5.08. The summed E-state index contributed by atoms with van der Waals surface area (Å²) >= 11 is 0. The minimum Gasteiger partial charge on any atom is -0.478 e. The number of benzene rings is 2. The Balaban J connectivity index is 2.11. The van der Waals surface area contributed by atoms with Gasteiger partial charge in [-0.05, 0) is 44.4 Å². The zero-order chi connectivity index (χ0) is 28.2. The number of ether oxygens (including phenoxy) is 2. The normalized spacial score (nSPS) is 18.9. The zero-order valence-electron chi connectivity index (χ0n) is 21.6. The van der Waals surface area contributed by atoms with E-state index in [-0.39, 0.29) is 23.2 Å². The number of hydrogen-bond acceptors (Lipinski definition) is 7. The molecule has 38 heavy (non-hydrogen) atoms. The Kier molecular flexibility index (Phi) is 8.39. The molecule has 11 nitrogen and oxygen atoms in total. The van der Waals surface area contributed by atoms with Gasteiger partial charge in [-0.3, -0.25) is 9.59 Å². The number of urea groups is 1. The van der Waals surface area contributed by atoms with Crippen LogP contribution in [0.4, 0.5) is 10.5 Å². The highest BCUT2D eigenvalue weighted by Gasteiger charge is 2.52. The first-order valence-corrected chi connectivity index (χ1v) is 11.9. The number of para-hydroxylation sites is 1. The number of nitrogens with zero attached hydrogens (tertiary/aromatic N) is 1. The van der Waals surface area contributed by atoms with Crippen molar-refractivity contribution in [2.45, 2.75) is 51.3 Å². The number of amides is 3. The Morgan fingerprint density at radius 1 is 1.03 bits per heavy atom. The van der Waals surface area contributed by atoms with E-state index in [9.17, 15) is 29.1 Å². The second-order valence-electron chi connectivity index (χ2n) is 9.88. The van der Waals surface area contributed by atoms with E-state index in [1.165, 1.54) is 30.2 Å². The van der Waals surface area contributed by atoms with Gasteiger partial charge in [-0.15, -0.1) is 0 Å². The number of carboxylic acid groups (broad SMARTS) is 1. The summed E-state index contributed by atoms with van der Waals surface area (Å²) in [5, 5.41) is 11.9. The van der Waals surface area contributed by atoms with Crippen LogP contribution in [-0.2, 0) is 30.3 Å². The molecule has 1 aliphatic heterocycles. The number of primary amides is 1. The van der Waals surface area contributed by atoms with Crippen molar-refractivity contribution in [3.63, 3.8) is 0 Å². The molecule has 0 radical (unpaired) electrons. The highest BCUT2D eigenvalue weighted by Crippen LogP contribution is 2.43. The number of carbonyl (C=O) groups excluding carboxylic acids is 4. The van der Waals surface area contributed by atoms with Gasteiger partial charge in [-0.2, -0.15) is 0 Å². The summed E-state index contributed by atoms with van der Waals surface area (Å²) in [6, 6.07) is 9.94. The van der Waals surface area contributed by atoms with Crippen molar-refractivity contribution in [1.82, 2.24) is 4.90 Å². The topological polar surface area (TPSA) is 165 Å². The van der Waals surface area contributed by atoms with Gasteiger partial charge in [0.25, 0.3) is 0 Å². The van der Waals surface area contributed by atoms with Gasteiger partial charge in [0.2, 0.25) is 5.91 Å². The minimum absolute atomic E-state index is 0.0333. The third kappa shape index (κ3) is 6.28. The fourth-order valence-corrected chi connectivity index (χ4v) is 4.65. The molecule has 0 aromatic heterocycles. The van der Waals surface area contributed by atoms with Gasteiger partial charge in [-0.1, -0.05) is 42.5 Å². The van der Waals surface area contributed by atoms with Gasteiger partial charge in [-0.25, -0.2) is 14.4 Å². The molecule has 3 unspecified atom stereocenters. The monoisotopic (exact) mass is 525 g/mol. The number of esters is 2. The molecular weight excluding hydrogens is 494 g/mol. The number of hydrogen-bond donors (Lipinski definition) is 3. The Morgan fingerprint density at radius 2 is 1.68 bits per heavy atom. The summed E-state index contributed by atoms with van der Waals surface area (Å²) in [7, 11) is 1.23. The van der Waals surface area contributed by atoms with Crippen molar-refractivity contribution in [2.75, 3.05) is 12.4 Å². The lowest BCUT2D eigenvalue weighted by Crippen LogP contribution is -2.45. The number of carboxylic acids is 1. The van der Waals surface area contributed by atoms with E-state index in [4.69, 9.17) is 15.2 Å². The average Bonchev–Trinajstić information content (AvgIpc) is 3.24. The summed E-state index contributed by atoms with van der Waals surface area (Å²) in [4.78, 5) is 64.7. The Morgan fingerprint density at radius 3 is 2.24 bits per heavy atom. The first kappa shape index (κ1) is 28.2. The van der Waals surface area contributed by atoms with Crippen molar-refractivity contribution in [1.29, 1.82) is 0 Å². The Hall–Kier alpha value is -4.41. The van der Waals surface area contributed by atoms with Gasteiger partial charge in [0.1, 0.15) is 11.6 Å². The second kappa shape index (κ2) is 11.3. The molecule has 0 bridgehead atoms. The molecule has 3 atom stereocenters. The van der Waals surface area contributed by atoms with E-state index in [1.807, 2.05) is 0 Å². The lowest BCUT2D eigenvalue weighted by Gasteiger charge is -2.32. The van der Waals surface area contributed by atoms with Crippen LogP contribution in [0.2, 0.25) is 0 Å². The standard InChI is InChI=1S/C27H31N3O8/c1-27(2,3)38-25(35)19-14-18(24(34)37-4)22(15-9-6-5-7-10-15)30(19)20(31)13-16-11-8-12-17(23(32)33)21(16)29-26(28)36/h5-12,18-19,22H,13-14H2,1-4H3,(H,32,33)(H3,28,29,36). The van der Waals surface area contributed by atoms with Crippen LogP contribution in [-0.4, -0.2) is 58.6 Å². The number of anilines is 1. The van der Waals surface area contributed by atoms with E-state index in [2.05, 4.69) is 5.32 Å². The molecule has 1 fully saturated rings. The highest BCUT2D eigenvalue weighted by atomic mass is 16.6. The van der Waals surface area contributed by atoms with Crippen LogP contribution >= 0.6 is 0 Å². The third-order valence-electron chi connectivity index (χ3n) is 6.08. The Labute approximate surface area is 219 Å². The fourth-order valence-electron chi connectivity index (χ4n) is 4.65. The predicted molar refractivity (Wildman–Crippen MR) is 136 cm³/mol. The number of methoxy groups -OCH3 is 1. The third-order valence-corrected chi connectivity index (χ3v) is 6.08. The first-order chi connectivity index (χ1) is 17.8. The van der Waals surface area contributed by atoms with Gasteiger partial charge in [0.05, 0.1) is 36.7 Å². The van der Waals surface area contributed by atoms with Gasteiger partial charge >= 0.3 is 23.9 Å². The molecule has 202 valence electrons. The molecule has 0 saturated carbocycles. The van der Waals surface area contributed by atoms with Crippen molar-refractivity contribution in [2.24, 2.45) is 11.7 Å². The lowest BCUT2D eigenvalue weighted by atomic mass is 9.93. The number of likely N-dealkylation sites (tertiary alicyclic amines) is 1. The van der Waals surface area contributed by atoms with Gasteiger partial charge in [0, 0.05) is 0 Å². The van der Waals surface area contributed by atoms with Crippen LogP contribution in [0.25, 0.3) is 0 Å². The van der Waals surface area contributed by atoms with Crippen LogP contribution in [0.1, 0.15) is 54.7 Å². The number of nitrogens with two attached hydrogens (primary N) is 1. The molecule has 2 aromatic carbocycles. The molecule has 4 N–H and O–H groups in total. The van der Waals surface area contributed by atoms with E-state index in [0.717, 1.165) is 0 Å². The van der Waals surface area contributed by atoms with Crippen molar-refractivity contribution >= 4 is 35.5 Å². The second-order valence-corrected chi connectivity index (χ2v) is 9.88. The Bertz CT molecular complexity index is 1240. The number of rotatable bonds is 7. The van der Waals surface area contributed by atoms with Crippen LogP contribution in [0.15, 0.2) is 48.5 Å². The minimum atomic E-state index is -1.33. The maximum absolute atomic E-state index is 13.9. The van der Waals surface area contributed by atoms with Crippen LogP contribution in [0.5, 0.6) is 0 Å². The van der Waals surface area contributed by atoms with E-state index in [0.29, 0.717) is 5.56 Å². The van der Waals surface area contributed by atoms with E-state index < -0.39 is 59.9 Å². The molecule has 1 aliphatic rings. The van der Waals surface area contributed by atoms with Crippen molar-refractivity contribution < 1.29 is 38.6 Å². The predicted octanol–water partition coefficient (Wildman–Crippen LogP) is 2.89. The van der Waals surface area contributed by atoms with E-state index in [1.54, 1.807) is 51.1 Å². The summed E-state index contributed by atoms with van der Waals surface area (Å²) in [6.07, 6.45) is -0.429. The maximum atomic E-state index is 13.9. The quantitative estimate of drug-likeness (QED) is 0.464. The zero-order valence-corrected chi connectivity index (χ0v) is 21.6. The molecule has 1 saturated heterocycles. The molecular formula is C27H31N3O8. The summed E-state index contributed by atoms with van der Waals surface area (Å²) < 4.78 is 10.6. The first-order valence-electron chi connectivity index (χ1n) is 11.9. The number of carbonyl (C=O) groups is 5. The smallest absolute Gasteiger partial charge is 0.337 e. The molecule has 11 heteroatoms. The van der Waals surface area contributed by atoms with Crippen molar-refractivity contribution in [3.8, 4) is 0 Å². The SMILES string of the molecule is COC(=O)C1CC(C(=O)OC(C)(C)C)N(C(=O)Cc2cccc(C(=O)O)c2NC(N)=O)C1c1ccccc1. The molecule has 3 amide bonds. The fraction of sp³-hybridized carbons (Fsp3) is 0.370. The molecule has 2 aromatic rings. The molecule has 3 rings (SSSR count). The molecule has 0 spiro atoms. The largest absolute Gasteiger partial charge is 0.478 e. The summed E-state index contributed by atoms with van der Waals surface area (Å²) in [5.74, 6) is -4.06. The van der Waals surface area contributed by atoms with Crippen LogP contribution in [0.3, 0.4) is 0 Å².